The Morgan fingerprint density at radius 3 is 2.60 bits per heavy atom. The largest absolute Gasteiger partial charge is 0.377 e. The molecule has 1 saturated carbocycles. The predicted octanol–water partition coefficient (Wildman–Crippen LogP) is 1.29. The van der Waals surface area contributed by atoms with Gasteiger partial charge in [-0.2, -0.15) is 0 Å². The maximum atomic E-state index is 5.82. The maximum absolute atomic E-state index is 5.82. The summed E-state index contributed by atoms with van der Waals surface area (Å²) in [4.78, 5) is 0. The third-order valence-electron chi connectivity index (χ3n) is 2.12. The monoisotopic (exact) mass is 143 g/mol. The third kappa shape index (κ3) is 2.27. The summed E-state index contributed by atoms with van der Waals surface area (Å²) in [6.07, 6.45) is 3.74. The van der Waals surface area contributed by atoms with E-state index in [0.717, 1.165) is 25.9 Å². The molecule has 0 aromatic rings. The van der Waals surface area contributed by atoms with E-state index in [-0.39, 0.29) is 5.54 Å². The Morgan fingerprint density at radius 2 is 2.20 bits per heavy atom. The minimum absolute atomic E-state index is 0.0590. The summed E-state index contributed by atoms with van der Waals surface area (Å²) in [6.45, 7) is 4.97. The molecule has 2 heteroatoms. The van der Waals surface area contributed by atoms with Crippen molar-refractivity contribution in [3.63, 3.8) is 0 Å². The van der Waals surface area contributed by atoms with Crippen LogP contribution in [0.5, 0.6) is 0 Å². The Bertz CT molecular complexity index is 110. The van der Waals surface area contributed by atoms with Crippen LogP contribution in [0.2, 0.25) is 0 Å². The zero-order chi connectivity index (χ0) is 7.61. The average Bonchev–Trinajstić information content (AvgIpc) is 2.64. The second kappa shape index (κ2) is 2.89. The van der Waals surface area contributed by atoms with Gasteiger partial charge in [0.25, 0.3) is 0 Å². The molecule has 0 radical (unpaired) electrons. The first kappa shape index (κ1) is 8.02. The SMILES string of the molecule is CCC(C)OCC1(N)CC1. The van der Waals surface area contributed by atoms with Crippen molar-refractivity contribution in [2.75, 3.05) is 6.61 Å². The molecular weight excluding hydrogens is 126 g/mol. The summed E-state index contributed by atoms with van der Waals surface area (Å²) in [5.41, 5.74) is 5.88. The lowest BCUT2D eigenvalue weighted by atomic mass is 10.3. The normalized spacial score (nSPS) is 24.3. The Hall–Kier alpha value is -0.0800. The van der Waals surface area contributed by atoms with Gasteiger partial charge in [-0.1, -0.05) is 6.92 Å². The van der Waals surface area contributed by atoms with Gasteiger partial charge < -0.3 is 10.5 Å². The molecule has 1 fully saturated rings. The predicted molar refractivity (Wildman–Crippen MR) is 41.9 cm³/mol. The minimum Gasteiger partial charge on any atom is -0.377 e. The van der Waals surface area contributed by atoms with E-state index in [4.69, 9.17) is 10.5 Å². The number of hydrogen-bond acceptors (Lipinski definition) is 2. The molecule has 0 aromatic heterocycles. The van der Waals surface area contributed by atoms with E-state index in [1.807, 2.05) is 0 Å². The van der Waals surface area contributed by atoms with Gasteiger partial charge in [0.2, 0.25) is 0 Å². The molecule has 0 aliphatic heterocycles. The van der Waals surface area contributed by atoms with Gasteiger partial charge >= 0.3 is 0 Å². The highest BCUT2D eigenvalue weighted by Crippen LogP contribution is 2.32. The fourth-order valence-corrected chi connectivity index (χ4v) is 0.731. The smallest absolute Gasteiger partial charge is 0.0649 e. The van der Waals surface area contributed by atoms with Crippen molar-refractivity contribution in [3.05, 3.63) is 0 Å². The van der Waals surface area contributed by atoms with Crippen molar-refractivity contribution in [1.82, 2.24) is 0 Å². The number of rotatable bonds is 4. The van der Waals surface area contributed by atoms with Crippen LogP contribution < -0.4 is 5.73 Å². The van der Waals surface area contributed by atoms with Crippen molar-refractivity contribution < 1.29 is 4.74 Å². The molecule has 0 spiro atoms. The highest BCUT2D eigenvalue weighted by atomic mass is 16.5. The van der Waals surface area contributed by atoms with E-state index in [0.29, 0.717) is 6.10 Å². The third-order valence-corrected chi connectivity index (χ3v) is 2.12. The fraction of sp³-hybridized carbons (Fsp3) is 1.00. The number of nitrogens with two attached hydrogens (primary N) is 1. The highest BCUT2D eigenvalue weighted by molar-refractivity contribution is 4.98. The van der Waals surface area contributed by atoms with Crippen LogP contribution in [0.25, 0.3) is 0 Å². The van der Waals surface area contributed by atoms with E-state index < -0.39 is 0 Å². The van der Waals surface area contributed by atoms with E-state index in [9.17, 15) is 0 Å². The summed E-state index contributed by atoms with van der Waals surface area (Å²) in [5.74, 6) is 0. The van der Waals surface area contributed by atoms with Crippen molar-refractivity contribution in [1.29, 1.82) is 0 Å². The second-order valence-electron chi connectivity index (χ2n) is 3.39. The zero-order valence-electron chi connectivity index (χ0n) is 6.89. The molecule has 0 bridgehead atoms. The minimum atomic E-state index is 0.0590. The molecule has 1 aliphatic rings. The zero-order valence-corrected chi connectivity index (χ0v) is 6.89. The van der Waals surface area contributed by atoms with Gasteiger partial charge in [-0.05, 0) is 26.2 Å². The molecule has 0 saturated heterocycles. The van der Waals surface area contributed by atoms with Crippen LogP contribution in [0.1, 0.15) is 33.1 Å². The van der Waals surface area contributed by atoms with Crippen LogP contribution in [0.4, 0.5) is 0 Å². The Balaban J connectivity index is 2.04. The summed E-state index contributed by atoms with van der Waals surface area (Å²) in [7, 11) is 0. The van der Waals surface area contributed by atoms with Crippen molar-refractivity contribution >= 4 is 0 Å². The molecule has 2 N–H and O–H groups in total. The first-order valence-electron chi connectivity index (χ1n) is 4.07. The average molecular weight is 143 g/mol. The van der Waals surface area contributed by atoms with Gasteiger partial charge in [0.1, 0.15) is 0 Å². The van der Waals surface area contributed by atoms with Crippen molar-refractivity contribution in [2.24, 2.45) is 5.73 Å². The molecule has 1 aliphatic carbocycles. The molecule has 0 aromatic carbocycles. The first-order valence-corrected chi connectivity index (χ1v) is 4.07. The second-order valence-corrected chi connectivity index (χ2v) is 3.39. The van der Waals surface area contributed by atoms with Crippen LogP contribution in [-0.2, 0) is 4.74 Å². The lowest BCUT2D eigenvalue weighted by Gasteiger charge is -2.13. The molecular formula is C8H17NO. The lowest BCUT2D eigenvalue weighted by molar-refractivity contribution is 0.0495. The molecule has 60 valence electrons. The fourth-order valence-electron chi connectivity index (χ4n) is 0.731. The lowest BCUT2D eigenvalue weighted by Crippen LogP contribution is -2.30. The standard InChI is InChI=1S/C8H17NO/c1-3-7(2)10-6-8(9)4-5-8/h7H,3-6,9H2,1-2H3. The van der Waals surface area contributed by atoms with Crippen molar-refractivity contribution in [3.8, 4) is 0 Å². The Morgan fingerprint density at radius 1 is 1.60 bits per heavy atom. The van der Waals surface area contributed by atoms with E-state index in [2.05, 4.69) is 13.8 Å². The summed E-state index contributed by atoms with van der Waals surface area (Å²) >= 11 is 0. The Kier molecular flexibility index (Phi) is 2.32. The molecule has 10 heavy (non-hydrogen) atoms. The molecule has 1 rings (SSSR count). The van der Waals surface area contributed by atoms with E-state index in [1.165, 1.54) is 0 Å². The number of ether oxygens (including phenoxy) is 1. The number of hydrogen-bond donors (Lipinski definition) is 1. The van der Waals surface area contributed by atoms with Gasteiger partial charge in [-0.25, -0.2) is 0 Å². The topological polar surface area (TPSA) is 35.2 Å². The van der Waals surface area contributed by atoms with Gasteiger partial charge in [0.05, 0.1) is 12.7 Å². The molecule has 1 atom stereocenters. The van der Waals surface area contributed by atoms with Crippen LogP contribution in [0.3, 0.4) is 0 Å². The molecule has 2 nitrogen and oxygen atoms in total. The highest BCUT2D eigenvalue weighted by Gasteiger charge is 2.38. The van der Waals surface area contributed by atoms with Gasteiger partial charge in [-0.3, -0.25) is 0 Å². The quantitative estimate of drug-likeness (QED) is 0.643. The Labute approximate surface area is 62.7 Å². The summed E-state index contributed by atoms with van der Waals surface area (Å²) < 4.78 is 5.49. The van der Waals surface area contributed by atoms with Gasteiger partial charge in [-0.15, -0.1) is 0 Å². The van der Waals surface area contributed by atoms with E-state index >= 15 is 0 Å². The van der Waals surface area contributed by atoms with Crippen LogP contribution >= 0.6 is 0 Å². The molecule has 1 unspecified atom stereocenters. The van der Waals surface area contributed by atoms with E-state index in [1.54, 1.807) is 0 Å². The van der Waals surface area contributed by atoms with Gasteiger partial charge in [0, 0.05) is 5.54 Å². The van der Waals surface area contributed by atoms with Crippen molar-refractivity contribution in [2.45, 2.75) is 44.8 Å². The van der Waals surface area contributed by atoms with Crippen LogP contribution in [0, 0.1) is 0 Å². The van der Waals surface area contributed by atoms with Gasteiger partial charge in [0.15, 0.2) is 0 Å². The summed E-state index contributed by atoms with van der Waals surface area (Å²) in [5, 5.41) is 0. The van der Waals surface area contributed by atoms with Crippen LogP contribution in [0.15, 0.2) is 0 Å². The van der Waals surface area contributed by atoms with Crippen LogP contribution in [-0.4, -0.2) is 18.2 Å². The molecule has 0 heterocycles. The first-order chi connectivity index (χ1) is 4.66. The maximum Gasteiger partial charge on any atom is 0.0649 e. The summed E-state index contributed by atoms with van der Waals surface area (Å²) in [6, 6.07) is 0. The molecule has 0 amide bonds.